The first-order chi connectivity index (χ1) is 10.1. The zero-order chi connectivity index (χ0) is 15.2. The largest absolute Gasteiger partial charge is 0.376 e. The van der Waals surface area contributed by atoms with Crippen LogP contribution in [0.5, 0.6) is 0 Å². The number of rotatable bonds is 5. The van der Waals surface area contributed by atoms with Crippen LogP contribution in [0.15, 0.2) is 36.7 Å². The quantitative estimate of drug-likeness (QED) is 0.881. The molecule has 0 aliphatic heterocycles. The van der Waals surface area contributed by atoms with E-state index in [0.29, 0.717) is 5.82 Å². The molecule has 0 spiro atoms. The Labute approximate surface area is 124 Å². The molecule has 2 N–H and O–H groups in total. The number of amides is 1. The fraction of sp³-hybridized carbons (Fsp3) is 0.267. The number of nitrogens with zero attached hydrogens (tertiary/aromatic N) is 3. The molecule has 0 saturated carbocycles. The van der Waals surface area contributed by atoms with E-state index in [2.05, 4.69) is 20.6 Å². The number of anilines is 3. The summed E-state index contributed by atoms with van der Waals surface area (Å²) in [7, 11) is 3.85. The van der Waals surface area contributed by atoms with E-state index in [1.807, 2.05) is 50.2 Å². The summed E-state index contributed by atoms with van der Waals surface area (Å²) in [4.78, 5) is 22.5. The van der Waals surface area contributed by atoms with Crippen molar-refractivity contribution >= 4 is 23.1 Å². The molecule has 0 saturated heterocycles. The lowest BCUT2D eigenvalue weighted by molar-refractivity contribution is 0.102. The number of carbonyl (C=O) groups excluding carboxylic acids is 1. The SMILES string of the molecule is CCNc1cncc(C(=O)Nc2ccccc2N(C)C)n1. The third kappa shape index (κ3) is 3.68. The summed E-state index contributed by atoms with van der Waals surface area (Å²) in [6, 6.07) is 7.60. The molecular formula is C15H19N5O. The molecule has 0 aliphatic carbocycles. The summed E-state index contributed by atoms with van der Waals surface area (Å²) in [5.74, 6) is 0.308. The summed E-state index contributed by atoms with van der Waals surface area (Å²) in [5.41, 5.74) is 1.95. The van der Waals surface area contributed by atoms with Crippen LogP contribution in [0.1, 0.15) is 17.4 Å². The van der Waals surface area contributed by atoms with Crippen LogP contribution in [0.4, 0.5) is 17.2 Å². The van der Waals surface area contributed by atoms with E-state index in [0.717, 1.165) is 17.9 Å². The van der Waals surface area contributed by atoms with Crippen molar-refractivity contribution in [3.8, 4) is 0 Å². The molecule has 1 amide bonds. The fourth-order valence-corrected chi connectivity index (χ4v) is 1.90. The Kier molecular flexibility index (Phi) is 4.71. The lowest BCUT2D eigenvalue weighted by Gasteiger charge is -2.17. The smallest absolute Gasteiger partial charge is 0.276 e. The number of carbonyl (C=O) groups is 1. The molecule has 0 bridgehead atoms. The Hall–Kier alpha value is -2.63. The second-order valence-corrected chi connectivity index (χ2v) is 4.69. The third-order valence-corrected chi connectivity index (χ3v) is 2.86. The molecule has 1 heterocycles. The monoisotopic (exact) mass is 285 g/mol. The van der Waals surface area contributed by atoms with E-state index in [1.165, 1.54) is 6.20 Å². The summed E-state index contributed by atoms with van der Waals surface area (Å²) < 4.78 is 0. The number of hydrogen-bond acceptors (Lipinski definition) is 5. The zero-order valence-electron chi connectivity index (χ0n) is 12.4. The highest BCUT2D eigenvalue weighted by molar-refractivity contribution is 6.04. The van der Waals surface area contributed by atoms with Crippen LogP contribution in [0.3, 0.4) is 0 Å². The molecule has 0 fully saturated rings. The number of hydrogen-bond donors (Lipinski definition) is 2. The fourth-order valence-electron chi connectivity index (χ4n) is 1.90. The minimum absolute atomic E-state index is 0.280. The summed E-state index contributed by atoms with van der Waals surface area (Å²) >= 11 is 0. The molecule has 110 valence electrons. The van der Waals surface area contributed by atoms with E-state index in [4.69, 9.17) is 0 Å². The van der Waals surface area contributed by atoms with Crippen LogP contribution in [-0.2, 0) is 0 Å². The highest BCUT2D eigenvalue weighted by atomic mass is 16.1. The standard InChI is InChI=1S/C15H19N5O/c1-4-17-14-10-16-9-12(18-14)15(21)19-11-7-5-6-8-13(11)20(2)3/h5-10H,4H2,1-3H3,(H,17,18)(H,19,21). The normalized spacial score (nSPS) is 10.0. The van der Waals surface area contributed by atoms with Crippen molar-refractivity contribution in [3.63, 3.8) is 0 Å². The van der Waals surface area contributed by atoms with Crippen LogP contribution in [-0.4, -0.2) is 36.5 Å². The highest BCUT2D eigenvalue weighted by Gasteiger charge is 2.12. The van der Waals surface area contributed by atoms with Crippen LogP contribution in [0.2, 0.25) is 0 Å². The lowest BCUT2D eigenvalue weighted by Crippen LogP contribution is -2.18. The summed E-state index contributed by atoms with van der Waals surface area (Å²) in [6.07, 6.45) is 3.04. The molecule has 0 unspecified atom stereocenters. The predicted octanol–water partition coefficient (Wildman–Crippen LogP) is 2.23. The zero-order valence-corrected chi connectivity index (χ0v) is 12.4. The highest BCUT2D eigenvalue weighted by Crippen LogP contribution is 2.23. The molecule has 1 aromatic heterocycles. The molecule has 6 heteroatoms. The Morgan fingerprint density at radius 2 is 2.00 bits per heavy atom. The van der Waals surface area contributed by atoms with Gasteiger partial charge in [0.2, 0.25) is 0 Å². The minimum atomic E-state index is -0.281. The summed E-state index contributed by atoms with van der Waals surface area (Å²) in [5, 5.41) is 5.90. The van der Waals surface area contributed by atoms with Gasteiger partial charge in [-0.25, -0.2) is 4.98 Å². The maximum atomic E-state index is 12.3. The van der Waals surface area contributed by atoms with Gasteiger partial charge in [-0.05, 0) is 19.1 Å². The van der Waals surface area contributed by atoms with Crippen molar-refractivity contribution in [2.45, 2.75) is 6.92 Å². The minimum Gasteiger partial charge on any atom is -0.376 e. The molecule has 2 rings (SSSR count). The van der Waals surface area contributed by atoms with Crippen molar-refractivity contribution < 1.29 is 4.79 Å². The van der Waals surface area contributed by atoms with E-state index >= 15 is 0 Å². The first-order valence-corrected chi connectivity index (χ1v) is 6.75. The topological polar surface area (TPSA) is 70.2 Å². The van der Waals surface area contributed by atoms with Crippen molar-refractivity contribution in [1.82, 2.24) is 9.97 Å². The van der Waals surface area contributed by atoms with E-state index in [-0.39, 0.29) is 11.6 Å². The molecule has 6 nitrogen and oxygen atoms in total. The van der Waals surface area contributed by atoms with E-state index in [1.54, 1.807) is 6.20 Å². The second kappa shape index (κ2) is 6.69. The molecule has 21 heavy (non-hydrogen) atoms. The Balaban J connectivity index is 2.20. The van der Waals surface area contributed by atoms with E-state index < -0.39 is 0 Å². The van der Waals surface area contributed by atoms with Crippen molar-refractivity contribution in [1.29, 1.82) is 0 Å². The van der Waals surface area contributed by atoms with Gasteiger partial charge < -0.3 is 15.5 Å². The maximum absolute atomic E-state index is 12.3. The van der Waals surface area contributed by atoms with Gasteiger partial charge in [-0.3, -0.25) is 9.78 Å². The maximum Gasteiger partial charge on any atom is 0.276 e. The van der Waals surface area contributed by atoms with Gasteiger partial charge in [0.15, 0.2) is 0 Å². The van der Waals surface area contributed by atoms with Crippen LogP contribution in [0.25, 0.3) is 0 Å². The number of benzene rings is 1. The average molecular weight is 285 g/mol. The van der Waals surface area contributed by atoms with Crippen molar-refractivity contribution in [2.75, 3.05) is 36.2 Å². The molecule has 0 radical (unpaired) electrons. The summed E-state index contributed by atoms with van der Waals surface area (Å²) in [6.45, 7) is 2.69. The predicted molar refractivity (Wildman–Crippen MR) is 84.9 cm³/mol. The first kappa shape index (κ1) is 14.8. The molecule has 0 aliphatic rings. The van der Waals surface area contributed by atoms with Gasteiger partial charge in [0.25, 0.3) is 5.91 Å². The average Bonchev–Trinajstić information content (AvgIpc) is 2.48. The van der Waals surface area contributed by atoms with Crippen LogP contribution < -0.4 is 15.5 Å². The Bertz CT molecular complexity index is 627. The Morgan fingerprint density at radius 1 is 1.24 bits per heavy atom. The van der Waals surface area contributed by atoms with Crippen molar-refractivity contribution in [2.24, 2.45) is 0 Å². The van der Waals surface area contributed by atoms with Gasteiger partial charge in [0, 0.05) is 20.6 Å². The van der Waals surface area contributed by atoms with Gasteiger partial charge in [0.05, 0.1) is 23.8 Å². The molecule has 2 aromatic rings. The van der Waals surface area contributed by atoms with Crippen LogP contribution in [0, 0.1) is 0 Å². The van der Waals surface area contributed by atoms with Gasteiger partial charge in [-0.1, -0.05) is 12.1 Å². The Morgan fingerprint density at radius 3 is 2.71 bits per heavy atom. The van der Waals surface area contributed by atoms with Crippen LogP contribution >= 0.6 is 0 Å². The first-order valence-electron chi connectivity index (χ1n) is 6.75. The van der Waals surface area contributed by atoms with Gasteiger partial charge in [-0.2, -0.15) is 0 Å². The van der Waals surface area contributed by atoms with Gasteiger partial charge >= 0.3 is 0 Å². The number of para-hydroxylation sites is 2. The number of aromatic nitrogens is 2. The van der Waals surface area contributed by atoms with Crippen molar-refractivity contribution in [3.05, 3.63) is 42.4 Å². The van der Waals surface area contributed by atoms with Gasteiger partial charge in [0.1, 0.15) is 11.5 Å². The number of nitrogens with one attached hydrogen (secondary N) is 2. The van der Waals surface area contributed by atoms with Gasteiger partial charge in [-0.15, -0.1) is 0 Å². The van der Waals surface area contributed by atoms with E-state index in [9.17, 15) is 4.79 Å². The third-order valence-electron chi connectivity index (χ3n) is 2.86. The molecular weight excluding hydrogens is 266 g/mol. The molecule has 0 atom stereocenters. The lowest BCUT2D eigenvalue weighted by atomic mass is 10.2. The second-order valence-electron chi connectivity index (χ2n) is 4.69. The molecule has 1 aromatic carbocycles.